The summed E-state index contributed by atoms with van der Waals surface area (Å²) < 4.78 is 5.54. The van der Waals surface area contributed by atoms with Gasteiger partial charge in [0.05, 0.1) is 11.3 Å². The zero-order valence-electron chi connectivity index (χ0n) is 9.48. The molecule has 1 aromatic carbocycles. The molecule has 0 amide bonds. The van der Waals surface area contributed by atoms with Gasteiger partial charge in [-0.15, -0.1) is 0 Å². The summed E-state index contributed by atoms with van der Waals surface area (Å²) in [5.41, 5.74) is 1.12. The minimum Gasteiger partial charge on any atom is -0.489 e. The van der Waals surface area contributed by atoms with Gasteiger partial charge in [0.25, 0.3) is 0 Å². The number of isothiocyanates is 1. The Morgan fingerprint density at radius 1 is 1.50 bits per heavy atom. The maximum atomic E-state index is 11.2. The van der Waals surface area contributed by atoms with E-state index in [4.69, 9.17) is 4.74 Å². The Labute approximate surface area is 100 Å². The second kappa shape index (κ2) is 5.54. The summed E-state index contributed by atoms with van der Waals surface area (Å²) in [4.78, 5) is 15.1. The molecule has 0 aliphatic rings. The average molecular weight is 235 g/mol. The lowest BCUT2D eigenvalue weighted by atomic mass is 10.1. The third-order valence-corrected chi connectivity index (χ3v) is 1.99. The molecule has 0 unspecified atom stereocenters. The number of carbonyl (C=O) groups is 1. The van der Waals surface area contributed by atoms with Crippen molar-refractivity contribution in [2.75, 3.05) is 0 Å². The van der Waals surface area contributed by atoms with E-state index < -0.39 is 0 Å². The van der Waals surface area contributed by atoms with Crippen molar-refractivity contribution in [1.29, 1.82) is 0 Å². The SMILES string of the molecule is CC(=O)c1ccc(OC(C)C)c(N=C=S)c1. The van der Waals surface area contributed by atoms with Crippen LogP contribution in [0, 0.1) is 0 Å². The van der Waals surface area contributed by atoms with Crippen molar-refractivity contribution < 1.29 is 9.53 Å². The lowest BCUT2D eigenvalue weighted by Gasteiger charge is -2.11. The second-order valence-corrected chi connectivity index (χ2v) is 3.79. The van der Waals surface area contributed by atoms with E-state index in [1.54, 1.807) is 18.2 Å². The normalized spacial score (nSPS) is 9.75. The third-order valence-electron chi connectivity index (χ3n) is 1.89. The Morgan fingerprint density at radius 2 is 2.19 bits per heavy atom. The van der Waals surface area contributed by atoms with Crippen molar-refractivity contribution in [2.45, 2.75) is 26.9 Å². The Bertz CT molecular complexity index is 448. The largest absolute Gasteiger partial charge is 0.489 e. The van der Waals surface area contributed by atoms with Crippen molar-refractivity contribution in [1.82, 2.24) is 0 Å². The van der Waals surface area contributed by atoms with E-state index in [-0.39, 0.29) is 11.9 Å². The maximum absolute atomic E-state index is 11.2. The zero-order valence-corrected chi connectivity index (χ0v) is 10.3. The van der Waals surface area contributed by atoms with Gasteiger partial charge in [-0.25, -0.2) is 0 Å². The Hall–Kier alpha value is -1.51. The van der Waals surface area contributed by atoms with Crippen LogP contribution in [0.3, 0.4) is 0 Å². The number of aliphatic imine (C=N–C) groups is 1. The van der Waals surface area contributed by atoms with Crippen molar-refractivity contribution in [2.24, 2.45) is 4.99 Å². The fourth-order valence-corrected chi connectivity index (χ4v) is 1.32. The average Bonchev–Trinajstić information content (AvgIpc) is 2.20. The second-order valence-electron chi connectivity index (χ2n) is 3.61. The molecule has 3 nitrogen and oxygen atoms in total. The molecule has 0 heterocycles. The number of nitrogens with zero attached hydrogens (tertiary/aromatic N) is 1. The van der Waals surface area contributed by atoms with Gasteiger partial charge in [0.2, 0.25) is 0 Å². The number of thiocarbonyl (C=S) groups is 1. The van der Waals surface area contributed by atoms with Crippen molar-refractivity contribution in [3.8, 4) is 5.75 Å². The molecule has 16 heavy (non-hydrogen) atoms. The van der Waals surface area contributed by atoms with E-state index in [1.165, 1.54) is 6.92 Å². The summed E-state index contributed by atoms with van der Waals surface area (Å²) in [6.07, 6.45) is 0.0437. The van der Waals surface area contributed by atoms with E-state index in [2.05, 4.69) is 22.4 Å². The highest BCUT2D eigenvalue weighted by Crippen LogP contribution is 2.29. The number of benzene rings is 1. The lowest BCUT2D eigenvalue weighted by molar-refractivity contribution is 0.101. The van der Waals surface area contributed by atoms with Crippen LogP contribution in [0.1, 0.15) is 31.1 Å². The Morgan fingerprint density at radius 3 is 2.69 bits per heavy atom. The molecule has 0 saturated heterocycles. The smallest absolute Gasteiger partial charge is 0.159 e. The summed E-state index contributed by atoms with van der Waals surface area (Å²) >= 11 is 4.56. The number of rotatable bonds is 4. The summed E-state index contributed by atoms with van der Waals surface area (Å²) in [6, 6.07) is 5.09. The molecule has 0 aliphatic carbocycles. The van der Waals surface area contributed by atoms with Gasteiger partial charge in [0.1, 0.15) is 11.4 Å². The van der Waals surface area contributed by atoms with Crippen molar-refractivity contribution in [3.05, 3.63) is 23.8 Å². The third kappa shape index (κ3) is 3.26. The van der Waals surface area contributed by atoms with E-state index in [1.807, 2.05) is 13.8 Å². The number of ketones is 1. The fraction of sp³-hybridized carbons (Fsp3) is 0.333. The van der Waals surface area contributed by atoms with E-state index >= 15 is 0 Å². The molecular weight excluding hydrogens is 222 g/mol. The van der Waals surface area contributed by atoms with Gasteiger partial charge in [-0.3, -0.25) is 4.79 Å². The molecule has 0 aliphatic heterocycles. The first-order valence-corrected chi connectivity index (χ1v) is 5.35. The van der Waals surface area contributed by atoms with Crippen LogP contribution < -0.4 is 4.74 Å². The first-order valence-electron chi connectivity index (χ1n) is 4.94. The predicted molar refractivity (Wildman–Crippen MR) is 66.9 cm³/mol. The van der Waals surface area contributed by atoms with Gasteiger partial charge in [0.15, 0.2) is 5.78 Å². The lowest BCUT2D eigenvalue weighted by Crippen LogP contribution is -2.06. The molecule has 1 rings (SSSR count). The van der Waals surface area contributed by atoms with Gasteiger partial charge in [-0.1, -0.05) is 0 Å². The van der Waals surface area contributed by atoms with E-state index in [9.17, 15) is 4.79 Å². The summed E-state index contributed by atoms with van der Waals surface area (Å²) in [6.45, 7) is 5.34. The van der Waals surface area contributed by atoms with Crippen LogP contribution in [-0.4, -0.2) is 17.0 Å². The fourth-order valence-electron chi connectivity index (χ4n) is 1.23. The van der Waals surface area contributed by atoms with Crippen LogP contribution in [-0.2, 0) is 0 Å². The van der Waals surface area contributed by atoms with Crippen LogP contribution in [0.25, 0.3) is 0 Å². The monoisotopic (exact) mass is 235 g/mol. The van der Waals surface area contributed by atoms with E-state index in [0.717, 1.165) is 0 Å². The molecule has 0 aromatic heterocycles. The highest BCUT2D eigenvalue weighted by atomic mass is 32.1. The summed E-state index contributed by atoms with van der Waals surface area (Å²) in [5, 5.41) is 2.28. The molecule has 0 spiro atoms. The molecule has 0 saturated carbocycles. The highest BCUT2D eigenvalue weighted by Gasteiger charge is 2.08. The van der Waals surface area contributed by atoms with Crippen molar-refractivity contribution >= 4 is 28.8 Å². The van der Waals surface area contributed by atoms with Gasteiger partial charge in [-0.05, 0) is 51.2 Å². The highest BCUT2D eigenvalue weighted by molar-refractivity contribution is 7.78. The topological polar surface area (TPSA) is 38.7 Å². The van der Waals surface area contributed by atoms with Crippen LogP contribution in [0.2, 0.25) is 0 Å². The quantitative estimate of drug-likeness (QED) is 0.456. The molecule has 4 heteroatoms. The summed E-state index contributed by atoms with van der Waals surface area (Å²) in [5.74, 6) is 0.592. The Balaban J connectivity index is 3.18. The Kier molecular flexibility index (Phi) is 4.35. The molecular formula is C12H13NO2S. The molecule has 0 bridgehead atoms. The first-order chi connectivity index (χ1) is 7.54. The molecule has 1 aromatic rings. The number of hydrogen-bond acceptors (Lipinski definition) is 4. The van der Waals surface area contributed by atoms with Crippen molar-refractivity contribution in [3.63, 3.8) is 0 Å². The van der Waals surface area contributed by atoms with Crippen LogP contribution in [0.4, 0.5) is 5.69 Å². The molecule has 0 N–H and O–H groups in total. The minimum atomic E-state index is -0.0167. The number of carbonyl (C=O) groups excluding carboxylic acids is 1. The molecule has 0 fully saturated rings. The number of ether oxygens (including phenoxy) is 1. The molecule has 0 radical (unpaired) electrons. The number of hydrogen-bond donors (Lipinski definition) is 0. The number of Topliss-reactive ketones (excluding diaryl/α,β-unsaturated/α-hetero) is 1. The predicted octanol–water partition coefficient (Wildman–Crippen LogP) is 3.41. The maximum Gasteiger partial charge on any atom is 0.159 e. The van der Waals surface area contributed by atoms with Gasteiger partial charge >= 0.3 is 0 Å². The first kappa shape index (κ1) is 12.6. The van der Waals surface area contributed by atoms with Gasteiger partial charge in [-0.2, -0.15) is 4.99 Å². The van der Waals surface area contributed by atoms with Crippen LogP contribution >= 0.6 is 12.2 Å². The molecule has 0 atom stereocenters. The zero-order chi connectivity index (χ0) is 12.1. The molecule has 84 valence electrons. The van der Waals surface area contributed by atoms with Crippen LogP contribution in [0.15, 0.2) is 23.2 Å². The van der Waals surface area contributed by atoms with Gasteiger partial charge in [0, 0.05) is 5.56 Å². The van der Waals surface area contributed by atoms with Crippen LogP contribution in [0.5, 0.6) is 5.75 Å². The van der Waals surface area contributed by atoms with Gasteiger partial charge < -0.3 is 4.74 Å². The summed E-state index contributed by atoms with van der Waals surface area (Å²) in [7, 11) is 0. The van der Waals surface area contributed by atoms with E-state index in [0.29, 0.717) is 17.0 Å². The standard InChI is InChI=1S/C12H13NO2S/c1-8(2)15-12-5-4-10(9(3)14)6-11(12)13-7-16/h4-6,8H,1-3H3. The minimum absolute atomic E-state index is 0.0167.